The Morgan fingerprint density at radius 1 is 1.47 bits per heavy atom. The second-order valence-corrected chi connectivity index (χ2v) is 8.38. The molecule has 1 aromatic rings. The van der Waals surface area contributed by atoms with Gasteiger partial charge in [0.25, 0.3) is 0 Å². The van der Waals surface area contributed by atoms with Gasteiger partial charge in [-0.1, -0.05) is 42.8 Å². The molecule has 0 aliphatic rings. The van der Waals surface area contributed by atoms with Crippen molar-refractivity contribution >= 4 is 30.8 Å². The number of hydrogen-bond acceptors (Lipinski definition) is 3. The van der Waals surface area contributed by atoms with Crippen LogP contribution in [-0.2, 0) is 4.43 Å². The van der Waals surface area contributed by atoms with E-state index in [4.69, 9.17) is 4.43 Å². The Morgan fingerprint density at radius 3 is 2.58 bits per heavy atom. The minimum Gasteiger partial charge on any atom is -0.410 e. The van der Waals surface area contributed by atoms with Crippen LogP contribution in [0.5, 0.6) is 0 Å². The van der Waals surface area contributed by atoms with Crippen LogP contribution < -0.4 is 0 Å². The van der Waals surface area contributed by atoms with Gasteiger partial charge < -0.3 is 4.43 Å². The minimum absolute atomic E-state index is 0.00516. The zero-order valence-electron chi connectivity index (χ0n) is 12.2. The molecule has 0 bridgehead atoms. The van der Waals surface area contributed by atoms with Gasteiger partial charge in [-0.15, -0.1) is 0 Å². The van der Waals surface area contributed by atoms with Crippen molar-refractivity contribution in [2.45, 2.75) is 40.0 Å². The predicted octanol–water partition coefficient (Wildman–Crippen LogP) is 4.01. The van der Waals surface area contributed by atoms with E-state index < -0.39 is 9.04 Å². The van der Waals surface area contributed by atoms with Gasteiger partial charge in [0, 0.05) is 11.8 Å². The van der Waals surface area contributed by atoms with Crippen molar-refractivity contribution in [1.82, 2.24) is 4.98 Å². The minimum atomic E-state index is -0.862. The summed E-state index contributed by atoms with van der Waals surface area (Å²) in [5.74, 6) is -0.00516. The van der Waals surface area contributed by atoms with Crippen LogP contribution in [0.4, 0.5) is 0 Å². The number of alkyl halides is 1. The highest BCUT2D eigenvalue weighted by atomic mass is 79.9. The largest absolute Gasteiger partial charge is 0.410 e. The highest BCUT2D eigenvalue weighted by molar-refractivity contribution is 9.09. The number of pyridine rings is 1. The zero-order chi connectivity index (χ0) is 14.6. The maximum Gasteiger partial charge on any atom is 0.205 e. The van der Waals surface area contributed by atoms with Crippen molar-refractivity contribution in [2.75, 3.05) is 5.33 Å². The quantitative estimate of drug-likeness (QED) is 0.461. The van der Waals surface area contributed by atoms with Crippen LogP contribution in [0.25, 0.3) is 0 Å². The standard InChI is InChI=1S/C14H21BrNO2Si/c1-14(2,3)13(18-19(4)5)10-7-6-8-16-12(10)11(17)9-15/h6-8,13H,9H2,1-5H3. The molecule has 1 aromatic heterocycles. The molecule has 3 nitrogen and oxygen atoms in total. The molecule has 0 aromatic carbocycles. The Bertz CT molecular complexity index is 443. The first-order valence-corrected chi connectivity index (χ1v) is 9.81. The highest BCUT2D eigenvalue weighted by Gasteiger charge is 2.31. The van der Waals surface area contributed by atoms with Gasteiger partial charge in [-0.2, -0.15) is 0 Å². The number of carbonyl (C=O) groups excluding carboxylic acids is 1. The molecule has 0 amide bonds. The fourth-order valence-electron chi connectivity index (χ4n) is 1.87. The third kappa shape index (κ3) is 4.51. The van der Waals surface area contributed by atoms with Crippen LogP contribution in [0.2, 0.25) is 13.1 Å². The van der Waals surface area contributed by atoms with E-state index in [1.807, 2.05) is 12.1 Å². The molecule has 0 spiro atoms. The lowest BCUT2D eigenvalue weighted by molar-refractivity contribution is 0.0831. The first-order valence-electron chi connectivity index (χ1n) is 6.28. The van der Waals surface area contributed by atoms with E-state index in [2.05, 4.69) is 54.8 Å². The van der Waals surface area contributed by atoms with E-state index in [9.17, 15) is 4.79 Å². The van der Waals surface area contributed by atoms with Crippen molar-refractivity contribution in [1.29, 1.82) is 0 Å². The molecule has 19 heavy (non-hydrogen) atoms. The summed E-state index contributed by atoms with van der Waals surface area (Å²) in [7, 11) is -0.862. The van der Waals surface area contributed by atoms with Crippen molar-refractivity contribution in [3.8, 4) is 0 Å². The predicted molar refractivity (Wildman–Crippen MR) is 83.1 cm³/mol. The molecule has 1 radical (unpaired) electrons. The fraction of sp³-hybridized carbons (Fsp3) is 0.571. The lowest BCUT2D eigenvalue weighted by atomic mass is 9.84. The second-order valence-electron chi connectivity index (χ2n) is 5.77. The van der Waals surface area contributed by atoms with E-state index in [0.717, 1.165) is 5.56 Å². The normalized spacial score (nSPS) is 13.6. The summed E-state index contributed by atoms with van der Waals surface area (Å²) in [6, 6.07) is 3.81. The Kier molecular flexibility index (Phi) is 5.89. The molecule has 0 fully saturated rings. The summed E-state index contributed by atoms with van der Waals surface area (Å²) < 4.78 is 6.13. The summed E-state index contributed by atoms with van der Waals surface area (Å²) in [5, 5.41) is 0.282. The number of hydrogen-bond donors (Lipinski definition) is 0. The average Bonchev–Trinajstić information content (AvgIpc) is 2.33. The Morgan fingerprint density at radius 2 is 2.11 bits per heavy atom. The van der Waals surface area contributed by atoms with E-state index in [0.29, 0.717) is 5.69 Å². The third-order valence-electron chi connectivity index (χ3n) is 2.65. The molecule has 1 unspecified atom stereocenters. The Hall–Kier alpha value is -0.523. The van der Waals surface area contributed by atoms with Gasteiger partial charge in [-0.25, -0.2) is 0 Å². The number of ketones is 1. The molecular formula is C14H21BrNO2Si. The van der Waals surface area contributed by atoms with Crippen molar-refractivity contribution in [2.24, 2.45) is 5.41 Å². The first-order chi connectivity index (χ1) is 8.77. The molecule has 0 saturated carbocycles. The van der Waals surface area contributed by atoms with Gasteiger partial charge in [0.15, 0.2) is 5.78 Å². The van der Waals surface area contributed by atoms with E-state index >= 15 is 0 Å². The van der Waals surface area contributed by atoms with Crippen LogP contribution >= 0.6 is 15.9 Å². The number of aromatic nitrogens is 1. The van der Waals surface area contributed by atoms with E-state index in [-0.39, 0.29) is 22.6 Å². The molecule has 0 N–H and O–H groups in total. The average molecular weight is 343 g/mol. The van der Waals surface area contributed by atoms with Gasteiger partial charge in [0.1, 0.15) is 5.69 Å². The summed E-state index contributed by atoms with van der Waals surface area (Å²) in [6.07, 6.45) is 1.55. The molecule has 1 heterocycles. The molecular weight excluding hydrogens is 322 g/mol. The Balaban J connectivity index is 3.26. The highest BCUT2D eigenvalue weighted by Crippen LogP contribution is 2.37. The molecule has 0 aliphatic heterocycles. The Labute approximate surface area is 125 Å². The van der Waals surface area contributed by atoms with E-state index in [1.165, 1.54) is 0 Å². The molecule has 0 saturated heterocycles. The monoisotopic (exact) mass is 342 g/mol. The SMILES string of the molecule is C[Si](C)OC(c1cccnc1C(=O)CBr)C(C)(C)C. The summed E-state index contributed by atoms with van der Waals surface area (Å²) in [4.78, 5) is 16.2. The van der Waals surface area contributed by atoms with Gasteiger partial charge >= 0.3 is 0 Å². The van der Waals surface area contributed by atoms with Crippen LogP contribution in [0, 0.1) is 5.41 Å². The molecule has 105 valence electrons. The zero-order valence-corrected chi connectivity index (χ0v) is 14.7. The van der Waals surface area contributed by atoms with Crippen molar-refractivity contribution < 1.29 is 9.22 Å². The summed E-state index contributed by atoms with van der Waals surface area (Å²) >= 11 is 3.21. The number of rotatable bonds is 5. The smallest absolute Gasteiger partial charge is 0.205 e. The van der Waals surface area contributed by atoms with Crippen LogP contribution in [-0.4, -0.2) is 25.1 Å². The van der Waals surface area contributed by atoms with Crippen molar-refractivity contribution in [3.63, 3.8) is 0 Å². The first kappa shape index (κ1) is 16.5. The number of Topliss-reactive ketones (excluding diaryl/α,β-unsaturated/α-hetero) is 1. The summed E-state index contributed by atoms with van der Waals surface area (Å²) in [5.41, 5.74) is 1.33. The molecule has 5 heteroatoms. The molecule has 1 rings (SSSR count). The number of nitrogens with zero attached hydrogens (tertiary/aromatic N) is 1. The second kappa shape index (κ2) is 6.77. The van der Waals surface area contributed by atoms with Gasteiger partial charge in [-0.3, -0.25) is 9.78 Å². The van der Waals surface area contributed by atoms with Gasteiger partial charge in [0.2, 0.25) is 9.04 Å². The van der Waals surface area contributed by atoms with Gasteiger partial charge in [-0.05, 0) is 24.6 Å². The lowest BCUT2D eigenvalue weighted by Crippen LogP contribution is -2.28. The van der Waals surface area contributed by atoms with Gasteiger partial charge in [0.05, 0.1) is 11.4 Å². The molecule has 1 atom stereocenters. The van der Waals surface area contributed by atoms with Crippen LogP contribution in [0.3, 0.4) is 0 Å². The number of halogens is 1. The third-order valence-corrected chi connectivity index (χ3v) is 3.86. The maximum atomic E-state index is 12.0. The maximum absolute atomic E-state index is 12.0. The lowest BCUT2D eigenvalue weighted by Gasteiger charge is -2.33. The topological polar surface area (TPSA) is 39.2 Å². The number of carbonyl (C=O) groups is 1. The van der Waals surface area contributed by atoms with Crippen LogP contribution in [0.15, 0.2) is 18.3 Å². The molecule has 0 aliphatic carbocycles. The van der Waals surface area contributed by atoms with Crippen LogP contribution in [0.1, 0.15) is 42.9 Å². The van der Waals surface area contributed by atoms with Crippen molar-refractivity contribution in [3.05, 3.63) is 29.6 Å². The van der Waals surface area contributed by atoms with E-state index in [1.54, 1.807) is 6.20 Å². The fourth-order valence-corrected chi connectivity index (χ4v) is 3.09. The summed E-state index contributed by atoms with van der Waals surface area (Å²) in [6.45, 7) is 10.6.